The van der Waals surface area contributed by atoms with E-state index in [1.807, 2.05) is 53.7 Å². The zero-order valence-electron chi connectivity index (χ0n) is 27.4. The quantitative estimate of drug-likeness (QED) is 0.169. The molecule has 2 amide bonds. The fraction of sp³-hybridized carbons (Fsp3) is 0.429. The molecule has 0 aliphatic carbocycles. The molecule has 2 aliphatic heterocycles. The van der Waals surface area contributed by atoms with E-state index in [0.717, 1.165) is 67.6 Å². The maximum absolute atomic E-state index is 12.4. The van der Waals surface area contributed by atoms with Crippen LogP contribution in [-0.4, -0.2) is 43.9 Å². The summed E-state index contributed by atoms with van der Waals surface area (Å²) >= 11 is 0. The Morgan fingerprint density at radius 3 is 1.36 bits per heavy atom. The summed E-state index contributed by atoms with van der Waals surface area (Å²) in [4.78, 5) is 55.5. The molecule has 4 heterocycles. The predicted octanol–water partition coefficient (Wildman–Crippen LogP) is 6.10. The minimum atomic E-state index is -0.905. The Morgan fingerprint density at radius 1 is 0.689 bits per heavy atom. The molecule has 2 atom stereocenters. The van der Waals surface area contributed by atoms with Gasteiger partial charge >= 0.3 is 11.9 Å². The van der Waals surface area contributed by atoms with E-state index in [0.29, 0.717) is 30.4 Å². The molecule has 2 aromatic heterocycles. The monoisotopic (exact) mass is 616 g/mol. The second-order valence-corrected chi connectivity index (χ2v) is 12.2. The number of hydrogen-bond acceptors (Lipinski definition) is 4. The molecule has 2 aromatic rings. The zero-order valence-corrected chi connectivity index (χ0v) is 27.4. The molecule has 2 aliphatic rings. The number of carbonyl (C=O) groups excluding carboxylic acids is 2. The number of amides is 2. The lowest BCUT2D eigenvalue weighted by Crippen LogP contribution is -2.15. The third-order valence-corrected chi connectivity index (χ3v) is 9.16. The number of rotatable bonds is 12. The first kappa shape index (κ1) is 33.3. The fourth-order valence-electron chi connectivity index (χ4n) is 6.90. The molecule has 4 rings (SSSR count). The molecule has 0 saturated carbocycles. The molecule has 0 aromatic carbocycles. The average molecular weight is 617 g/mol. The van der Waals surface area contributed by atoms with Gasteiger partial charge in [-0.15, -0.1) is 0 Å². The summed E-state index contributed by atoms with van der Waals surface area (Å²) in [6, 6.07) is 0. The first-order valence-corrected chi connectivity index (χ1v) is 15.5. The molecule has 0 fully saturated rings. The van der Waals surface area contributed by atoms with Crippen LogP contribution >= 0.6 is 0 Å². The third-order valence-electron chi connectivity index (χ3n) is 9.16. The molecular weight excluding hydrogens is 572 g/mol. The van der Waals surface area contributed by atoms with Gasteiger partial charge in [-0.3, -0.25) is 19.2 Å². The highest BCUT2D eigenvalue weighted by Gasteiger charge is 2.28. The first-order valence-electron chi connectivity index (χ1n) is 15.5. The Bertz CT molecular complexity index is 1590. The third kappa shape index (κ3) is 6.60. The Balaban J connectivity index is 1.87. The highest BCUT2D eigenvalue weighted by molar-refractivity contribution is 6.01. The van der Waals surface area contributed by atoms with Gasteiger partial charge in [0.05, 0.1) is 12.8 Å². The molecule has 45 heavy (non-hydrogen) atoms. The van der Waals surface area contributed by atoms with Crippen molar-refractivity contribution in [1.29, 1.82) is 0 Å². The number of aliphatic carboxylic acids is 2. The summed E-state index contributed by atoms with van der Waals surface area (Å²) in [5.74, 6) is -2.69. The van der Waals surface area contributed by atoms with Crippen molar-refractivity contribution in [3.05, 3.63) is 78.7 Å². The number of aromatic nitrogens is 2. The van der Waals surface area contributed by atoms with E-state index in [9.17, 15) is 29.4 Å². The molecule has 0 unspecified atom stereocenters. The molecule has 10 nitrogen and oxygen atoms in total. The molecule has 0 radical (unpaired) electrons. The maximum Gasteiger partial charge on any atom is 0.303 e. The Morgan fingerprint density at radius 2 is 1.04 bits per heavy atom. The summed E-state index contributed by atoms with van der Waals surface area (Å²) in [5.41, 5.74) is 11.4. The summed E-state index contributed by atoms with van der Waals surface area (Å²) in [6.45, 7) is 15.3. The van der Waals surface area contributed by atoms with E-state index in [2.05, 4.69) is 20.6 Å². The van der Waals surface area contributed by atoms with Crippen molar-refractivity contribution in [2.24, 2.45) is 0 Å². The van der Waals surface area contributed by atoms with Crippen molar-refractivity contribution in [2.75, 3.05) is 0 Å². The Kier molecular flexibility index (Phi) is 9.75. The van der Waals surface area contributed by atoms with E-state index < -0.39 is 11.9 Å². The van der Waals surface area contributed by atoms with Crippen LogP contribution in [0, 0.1) is 13.8 Å². The molecule has 240 valence electrons. The number of carbonyl (C=O) groups is 4. The second-order valence-electron chi connectivity index (χ2n) is 12.2. The predicted molar refractivity (Wildman–Crippen MR) is 173 cm³/mol. The van der Waals surface area contributed by atoms with Crippen LogP contribution in [0.3, 0.4) is 0 Å². The van der Waals surface area contributed by atoms with Crippen LogP contribution in [0.1, 0.15) is 124 Å². The maximum atomic E-state index is 12.4. The van der Waals surface area contributed by atoms with Gasteiger partial charge in [-0.25, -0.2) is 0 Å². The van der Waals surface area contributed by atoms with Gasteiger partial charge in [0.1, 0.15) is 0 Å². The number of nitrogens with one attached hydrogen (secondary N) is 4. The van der Waals surface area contributed by atoms with Gasteiger partial charge < -0.3 is 30.8 Å². The van der Waals surface area contributed by atoms with Crippen LogP contribution < -0.4 is 10.6 Å². The average Bonchev–Trinajstić information content (AvgIpc) is 3.60. The van der Waals surface area contributed by atoms with Crippen LogP contribution in [0.4, 0.5) is 0 Å². The van der Waals surface area contributed by atoms with Gasteiger partial charge in [-0.2, -0.15) is 0 Å². The fourth-order valence-corrected chi connectivity index (χ4v) is 6.90. The van der Waals surface area contributed by atoms with Crippen molar-refractivity contribution in [3.63, 3.8) is 0 Å². The van der Waals surface area contributed by atoms with Gasteiger partial charge in [-0.1, -0.05) is 27.7 Å². The van der Waals surface area contributed by atoms with E-state index >= 15 is 0 Å². The minimum absolute atomic E-state index is 0.0633. The normalized spacial score (nSPS) is 18.3. The van der Waals surface area contributed by atoms with Gasteiger partial charge in [-0.05, 0) is 97.9 Å². The van der Waals surface area contributed by atoms with E-state index in [1.165, 1.54) is 0 Å². The SMILES string of the molecule is CCC1=C(C)C(=O)N/C1=C\c1[nH]c(Cc2[nH]c(/C=C3/NC(=O)C(C)=C3CC)c(C)c2[C@H](C)CC(=O)O)c([C@H](C)CC(=O)O)c1C. The summed E-state index contributed by atoms with van der Waals surface area (Å²) in [7, 11) is 0. The minimum Gasteiger partial charge on any atom is -0.481 e. The van der Waals surface area contributed by atoms with E-state index in [-0.39, 0.29) is 36.5 Å². The summed E-state index contributed by atoms with van der Waals surface area (Å²) in [6.07, 6.45) is 5.44. The van der Waals surface area contributed by atoms with Gasteiger partial charge in [0, 0.05) is 51.7 Å². The highest BCUT2D eigenvalue weighted by atomic mass is 16.4. The van der Waals surface area contributed by atoms with E-state index in [1.54, 1.807) is 13.8 Å². The lowest BCUT2D eigenvalue weighted by atomic mass is 9.89. The number of aromatic amines is 2. The largest absolute Gasteiger partial charge is 0.481 e. The van der Waals surface area contributed by atoms with Crippen molar-refractivity contribution in [1.82, 2.24) is 20.6 Å². The van der Waals surface area contributed by atoms with Crippen molar-refractivity contribution in [2.45, 2.75) is 99.3 Å². The molecule has 10 heteroatoms. The van der Waals surface area contributed by atoms with Gasteiger partial charge in [0.15, 0.2) is 0 Å². The number of hydrogen-bond donors (Lipinski definition) is 6. The smallest absolute Gasteiger partial charge is 0.303 e. The Labute approximate surface area is 263 Å². The second kappa shape index (κ2) is 13.2. The van der Waals surface area contributed by atoms with E-state index in [4.69, 9.17) is 0 Å². The van der Waals surface area contributed by atoms with Crippen molar-refractivity contribution in [3.8, 4) is 0 Å². The molecule has 0 bridgehead atoms. The van der Waals surface area contributed by atoms with Crippen LogP contribution in [0.2, 0.25) is 0 Å². The number of allylic oxidation sites excluding steroid dienone is 2. The zero-order chi connectivity index (χ0) is 33.3. The molecule has 6 N–H and O–H groups in total. The standard InChI is InChI=1S/C35H44N4O6/c1-9-22-18(5)34(44)38-26(22)13-24-20(7)32(16(3)11-30(40)41)28(36-24)15-29-33(17(4)12-31(42)43)21(8)25(37-29)14-27-23(10-2)19(6)35(45)39-27/h13-14,16-17,36-37H,9-12,15H2,1-8H3,(H,38,44)(H,39,45)(H,40,41)(H,42,43)/b26-13-,27-14+/t16-,17-/m1/s1. The molecule has 0 spiro atoms. The highest BCUT2D eigenvalue weighted by Crippen LogP contribution is 2.37. The number of carboxylic acid groups (broad SMARTS) is 2. The first-order chi connectivity index (χ1) is 21.2. The lowest BCUT2D eigenvalue weighted by molar-refractivity contribution is -0.138. The Hall–Kier alpha value is -4.60. The van der Waals surface area contributed by atoms with Crippen LogP contribution in [0.25, 0.3) is 12.2 Å². The van der Waals surface area contributed by atoms with Crippen LogP contribution in [0.5, 0.6) is 0 Å². The molecule has 0 saturated heterocycles. The van der Waals surface area contributed by atoms with Gasteiger partial charge in [0.2, 0.25) is 0 Å². The van der Waals surface area contributed by atoms with Crippen molar-refractivity contribution >= 4 is 35.9 Å². The summed E-state index contributed by atoms with van der Waals surface area (Å²) in [5, 5.41) is 25.2. The lowest BCUT2D eigenvalue weighted by Gasteiger charge is -2.15. The number of carboxylic acids is 2. The number of H-pyrrole nitrogens is 2. The molecular formula is C35H44N4O6. The van der Waals surface area contributed by atoms with Crippen molar-refractivity contribution < 1.29 is 29.4 Å². The van der Waals surface area contributed by atoms with Crippen LogP contribution in [-0.2, 0) is 25.6 Å². The van der Waals surface area contributed by atoms with Gasteiger partial charge in [0.25, 0.3) is 11.8 Å². The van der Waals surface area contributed by atoms with Crippen LogP contribution in [0.15, 0.2) is 33.7 Å². The summed E-state index contributed by atoms with van der Waals surface area (Å²) < 4.78 is 0. The topological polar surface area (TPSA) is 164 Å².